The van der Waals surface area contributed by atoms with Crippen molar-refractivity contribution in [2.24, 2.45) is 0 Å². The van der Waals surface area contributed by atoms with Gasteiger partial charge in [0.2, 0.25) is 0 Å². The number of hydrogen-bond acceptors (Lipinski definition) is 3. The van der Waals surface area contributed by atoms with Crippen molar-refractivity contribution in [1.82, 2.24) is 9.47 Å². The highest BCUT2D eigenvalue weighted by Gasteiger charge is 2.08. The predicted molar refractivity (Wildman–Crippen MR) is 82.9 cm³/mol. The molecule has 0 amide bonds. The summed E-state index contributed by atoms with van der Waals surface area (Å²) in [6.07, 6.45) is 0. The standard InChI is InChI=1S/C16H15FN2OS/c1-18(10-12-6-8-13(17)9-7-12)11-19-14-4-2-3-5-15(14)20-16(19)21/h2-9H,10-11H2,1H3. The van der Waals surface area contributed by atoms with Gasteiger partial charge in [0.15, 0.2) is 5.58 Å². The SMILES string of the molecule is CN(Cc1ccc(F)cc1)Cn1c(=S)oc2ccccc21. The van der Waals surface area contributed by atoms with Gasteiger partial charge in [0.25, 0.3) is 4.84 Å². The van der Waals surface area contributed by atoms with Gasteiger partial charge in [0.05, 0.1) is 12.2 Å². The second-order valence-electron chi connectivity index (χ2n) is 5.05. The zero-order valence-electron chi connectivity index (χ0n) is 11.6. The molecule has 0 fully saturated rings. The Morgan fingerprint density at radius 1 is 1.14 bits per heavy atom. The Morgan fingerprint density at radius 2 is 1.86 bits per heavy atom. The lowest BCUT2D eigenvalue weighted by Crippen LogP contribution is -2.21. The van der Waals surface area contributed by atoms with Crippen molar-refractivity contribution in [3.8, 4) is 0 Å². The van der Waals surface area contributed by atoms with Crippen molar-refractivity contribution in [3.63, 3.8) is 0 Å². The van der Waals surface area contributed by atoms with Crippen LogP contribution in [0.3, 0.4) is 0 Å². The summed E-state index contributed by atoms with van der Waals surface area (Å²) >= 11 is 5.27. The van der Waals surface area contributed by atoms with Crippen molar-refractivity contribution in [2.45, 2.75) is 13.2 Å². The Kier molecular flexibility index (Phi) is 3.86. The normalized spacial score (nSPS) is 11.4. The van der Waals surface area contributed by atoms with E-state index < -0.39 is 0 Å². The molecule has 0 spiro atoms. The number of rotatable bonds is 4. The Bertz CT molecular complexity index is 807. The third kappa shape index (κ3) is 3.04. The molecule has 3 aromatic rings. The highest BCUT2D eigenvalue weighted by Crippen LogP contribution is 2.17. The minimum Gasteiger partial charge on any atom is -0.429 e. The number of hydrogen-bond donors (Lipinski definition) is 0. The number of benzene rings is 2. The molecule has 0 saturated carbocycles. The molecule has 1 aromatic heterocycles. The molecule has 0 unspecified atom stereocenters. The summed E-state index contributed by atoms with van der Waals surface area (Å²) in [5, 5.41) is 0. The predicted octanol–water partition coefficient (Wildman–Crippen LogP) is 4.19. The van der Waals surface area contributed by atoms with Gasteiger partial charge in [-0.1, -0.05) is 24.3 Å². The fourth-order valence-electron chi connectivity index (χ4n) is 2.34. The van der Waals surface area contributed by atoms with E-state index in [1.807, 2.05) is 35.9 Å². The molecule has 1 heterocycles. The number of halogens is 1. The molecule has 0 saturated heterocycles. The lowest BCUT2D eigenvalue weighted by atomic mass is 10.2. The topological polar surface area (TPSA) is 21.3 Å². The molecule has 2 aromatic carbocycles. The van der Waals surface area contributed by atoms with E-state index in [0.717, 1.165) is 16.7 Å². The monoisotopic (exact) mass is 302 g/mol. The summed E-state index contributed by atoms with van der Waals surface area (Å²) in [7, 11) is 1.99. The van der Waals surface area contributed by atoms with E-state index in [4.69, 9.17) is 16.6 Å². The molecular formula is C16H15FN2OS. The van der Waals surface area contributed by atoms with Gasteiger partial charge in [-0.05, 0) is 49.1 Å². The number of oxazole rings is 1. The molecule has 3 rings (SSSR count). The zero-order valence-corrected chi connectivity index (χ0v) is 12.4. The van der Waals surface area contributed by atoms with Crippen molar-refractivity contribution >= 4 is 23.3 Å². The molecule has 0 bridgehead atoms. The molecule has 21 heavy (non-hydrogen) atoms. The molecule has 0 aliphatic carbocycles. The molecule has 108 valence electrons. The molecule has 0 aliphatic heterocycles. The molecule has 5 heteroatoms. The first-order chi connectivity index (χ1) is 10.1. The smallest absolute Gasteiger partial charge is 0.270 e. The lowest BCUT2D eigenvalue weighted by Gasteiger charge is -2.17. The minimum absolute atomic E-state index is 0.218. The van der Waals surface area contributed by atoms with Crippen LogP contribution in [0.5, 0.6) is 0 Å². The van der Waals surface area contributed by atoms with Crippen molar-refractivity contribution in [1.29, 1.82) is 0 Å². The zero-order chi connectivity index (χ0) is 14.8. The Morgan fingerprint density at radius 3 is 2.62 bits per heavy atom. The highest BCUT2D eigenvalue weighted by atomic mass is 32.1. The highest BCUT2D eigenvalue weighted by molar-refractivity contribution is 7.71. The van der Waals surface area contributed by atoms with Crippen molar-refractivity contribution < 1.29 is 8.81 Å². The number of nitrogens with zero attached hydrogens (tertiary/aromatic N) is 2. The van der Waals surface area contributed by atoms with Gasteiger partial charge in [0, 0.05) is 6.54 Å². The first-order valence-corrected chi connectivity index (χ1v) is 7.05. The molecule has 0 aliphatic rings. The van der Waals surface area contributed by atoms with Crippen LogP contribution in [0.4, 0.5) is 4.39 Å². The first kappa shape index (κ1) is 14.0. The summed E-state index contributed by atoms with van der Waals surface area (Å²) in [5.74, 6) is -0.218. The Labute approximate surface area is 127 Å². The molecule has 0 N–H and O–H groups in total. The molecule has 3 nitrogen and oxygen atoms in total. The Hall–Kier alpha value is -1.98. The van der Waals surface area contributed by atoms with Crippen LogP contribution in [-0.4, -0.2) is 16.5 Å². The quantitative estimate of drug-likeness (QED) is 0.674. The van der Waals surface area contributed by atoms with E-state index in [1.54, 1.807) is 12.1 Å². The molecular weight excluding hydrogens is 287 g/mol. The van der Waals surface area contributed by atoms with Crippen LogP contribution in [0.25, 0.3) is 11.1 Å². The second kappa shape index (κ2) is 5.79. The summed E-state index contributed by atoms with van der Waals surface area (Å²) in [6, 6.07) is 14.3. The fraction of sp³-hybridized carbons (Fsp3) is 0.188. The summed E-state index contributed by atoms with van der Waals surface area (Å²) in [5.41, 5.74) is 2.82. The minimum atomic E-state index is -0.218. The van der Waals surface area contributed by atoms with E-state index in [2.05, 4.69) is 4.90 Å². The van der Waals surface area contributed by atoms with Crippen LogP contribution < -0.4 is 0 Å². The maximum Gasteiger partial charge on any atom is 0.270 e. The average Bonchev–Trinajstić information content (AvgIpc) is 2.78. The molecule has 0 atom stereocenters. The largest absolute Gasteiger partial charge is 0.429 e. The van der Waals surface area contributed by atoms with Gasteiger partial charge < -0.3 is 4.42 Å². The van der Waals surface area contributed by atoms with Crippen LogP contribution in [0.1, 0.15) is 5.56 Å². The summed E-state index contributed by atoms with van der Waals surface area (Å²) < 4.78 is 20.4. The van der Waals surface area contributed by atoms with Crippen LogP contribution in [0, 0.1) is 10.7 Å². The van der Waals surface area contributed by atoms with Gasteiger partial charge in [-0.2, -0.15) is 0 Å². The van der Waals surface area contributed by atoms with E-state index in [-0.39, 0.29) is 5.82 Å². The average molecular weight is 302 g/mol. The number of para-hydroxylation sites is 2. The third-order valence-corrected chi connectivity index (χ3v) is 3.63. The van der Waals surface area contributed by atoms with Gasteiger partial charge in [-0.25, -0.2) is 4.39 Å². The van der Waals surface area contributed by atoms with Crippen LogP contribution >= 0.6 is 12.2 Å². The lowest BCUT2D eigenvalue weighted by molar-refractivity contribution is 0.257. The van der Waals surface area contributed by atoms with E-state index >= 15 is 0 Å². The number of fused-ring (bicyclic) bond motifs is 1. The summed E-state index contributed by atoms with van der Waals surface area (Å²) in [6.45, 7) is 1.33. The number of aromatic nitrogens is 1. The van der Waals surface area contributed by atoms with Crippen LogP contribution in [0.2, 0.25) is 0 Å². The Balaban J connectivity index is 1.80. The van der Waals surface area contributed by atoms with Crippen molar-refractivity contribution in [2.75, 3.05) is 7.05 Å². The van der Waals surface area contributed by atoms with Crippen LogP contribution in [0.15, 0.2) is 52.9 Å². The maximum atomic E-state index is 12.9. The maximum absolute atomic E-state index is 12.9. The second-order valence-corrected chi connectivity index (χ2v) is 5.40. The van der Waals surface area contributed by atoms with Crippen molar-refractivity contribution in [3.05, 3.63) is 64.7 Å². The van der Waals surface area contributed by atoms with Crippen LogP contribution in [-0.2, 0) is 13.2 Å². The molecule has 0 radical (unpaired) electrons. The van der Waals surface area contributed by atoms with Gasteiger partial charge in [0.1, 0.15) is 5.82 Å². The first-order valence-electron chi connectivity index (χ1n) is 6.65. The van der Waals surface area contributed by atoms with E-state index in [1.165, 1.54) is 12.1 Å². The van der Waals surface area contributed by atoms with E-state index in [0.29, 0.717) is 18.1 Å². The van der Waals surface area contributed by atoms with Gasteiger partial charge in [-0.15, -0.1) is 0 Å². The van der Waals surface area contributed by atoms with Gasteiger partial charge >= 0.3 is 0 Å². The van der Waals surface area contributed by atoms with E-state index in [9.17, 15) is 4.39 Å². The fourth-order valence-corrected chi connectivity index (χ4v) is 2.59. The third-order valence-electron chi connectivity index (χ3n) is 3.32. The summed E-state index contributed by atoms with van der Waals surface area (Å²) in [4.78, 5) is 2.56. The van der Waals surface area contributed by atoms with Gasteiger partial charge in [-0.3, -0.25) is 9.47 Å².